The third-order valence-corrected chi connectivity index (χ3v) is 4.49. The van der Waals surface area contributed by atoms with Gasteiger partial charge in [-0.05, 0) is 17.7 Å². The molecule has 4 rings (SSSR count). The van der Waals surface area contributed by atoms with Crippen LogP contribution in [0.15, 0.2) is 24.3 Å². The predicted molar refractivity (Wildman–Crippen MR) is 102 cm³/mol. The third-order valence-electron chi connectivity index (χ3n) is 4.49. The van der Waals surface area contributed by atoms with Gasteiger partial charge in [-0.25, -0.2) is 0 Å². The normalized spacial score (nSPS) is 16.3. The Morgan fingerprint density at radius 2 is 1.78 bits per heavy atom. The molecule has 1 aromatic heterocycles. The van der Waals surface area contributed by atoms with Crippen molar-refractivity contribution in [2.45, 2.75) is 6.54 Å². The topological polar surface area (TPSA) is 107 Å². The number of nitrogens with zero attached hydrogens (tertiary/aromatic N) is 3. The summed E-state index contributed by atoms with van der Waals surface area (Å²) in [5, 5.41) is 6.59. The van der Waals surface area contributed by atoms with Crippen molar-refractivity contribution in [3.05, 3.63) is 29.8 Å². The van der Waals surface area contributed by atoms with E-state index in [2.05, 4.69) is 25.5 Å². The minimum absolute atomic E-state index is 0.236. The number of ether oxygens (including phenoxy) is 3. The number of nitrogens with two attached hydrogens (primary N) is 1. The molecule has 0 saturated carbocycles. The lowest BCUT2D eigenvalue weighted by Crippen LogP contribution is -2.39. The van der Waals surface area contributed by atoms with Crippen LogP contribution in [0.2, 0.25) is 0 Å². The lowest BCUT2D eigenvalue weighted by molar-refractivity contribution is 0.0398. The molecule has 3 heterocycles. The average molecular weight is 372 g/mol. The van der Waals surface area contributed by atoms with E-state index in [9.17, 15) is 0 Å². The number of rotatable bonds is 7. The van der Waals surface area contributed by atoms with Crippen molar-refractivity contribution in [1.29, 1.82) is 0 Å². The number of hydrogen-bond acceptors (Lipinski definition) is 9. The molecule has 9 nitrogen and oxygen atoms in total. The Morgan fingerprint density at radius 3 is 2.63 bits per heavy atom. The van der Waals surface area contributed by atoms with Crippen LogP contribution in [0.25, 0.3) is 0 Å². The van der Waals surface area contributed by atoms with Gasteiger partial charge in [-0.2, -0.15) is 9.97 Å². The summed E-state index contributed by atoms with van der Waals surface area (Å²) >= 11 is 0. The predicted octanol–water partition coefficient (Wildman–Crippen LogP) is 1.14. The number of nitrogens with one attached hydrogen (secondary N) is 2. The largest absolute Gasteiger partial charge is 0.454 e. The Bertz CT molecular complexity index is 782. The Labute approximate surface area is 157 Å². The van der Waals surface area contributed by atoms with Gasteiger partial charge in [-0.3, -0.25) is 4.90 Å². The third kappa shape index (κ3) is 4.69. The van der Waals surface area contributed by atoms with Gasteiger partial charge in [0.05, 0.1) is 13.2 Å². The van der Waals surface area contributed by atoms with Crippen molar-refractivity contribution in [3.8, 4) is 11.5 Å². The van der Waals surface area contributed by atoms with E-state index in [1.165, 1.54) is 0 Å². The molecule has 144 valence electrons. The van der Waals surface area contributed by atoms with E-state index in [4.69, 9.17) is 19.9 Å². The Morgan fingerprint density at radius 1 is 1.00 bits per heavy atom. The molecule has 0 atom stereocenters. The van der Waals surface area contributed by atoms with Crippen molar-refractivity contribution < 1.29 is 14.2 Å². The van der Waals surface area contributed by atoms with Crippen LogP contribution in [0.4, 0.5) is 17.6 Å². The minimum Gasteiger partial charge on any atom is -0.454 e. The second kappa shape index (κ2) is 8.28. The Balaban J connectivity index is 1.31. The van der Waals surface area contributed by atoms with Gasteiger partial charge in [-0.1, -0.05) is 6.07 Å². The molecule has 1 aromatic carbocycles. The van der Waals surface area contributed by atoms with Gasteiger partial charge in [0.15, 0.2) is 11.5 Å². The molecule has 27 heavy (non-hydrogen) atoms. The minimum atomic E-state index is 0.236. The number of nitrogen functional groups attached to an aromatic ring is 1. The molecule has 1 fully saturated rings. The van der Waals surface area contributed by atoms with Gasteiger partial charge in [0, 0.05) is 38.8 Å². The van der Waals surface area contributed by atoms with Crippen LogP contribution in [0.3, 0.4) is 0 Å². The summed E-state index contributed by atoms with van der Waals surface area (Å²) in [5.74, 6) is 3.16. The number of hydrogen-bond donors (Lipinski definition) is 3. The van der Waals surface area contributed by atoms with E-state index in [0.29, 0.717) is 18.2 Å². The van der Waals surface area contributed by atoms with E-state index >= 15 is 0 Å². The smallest absolute Gasteiger partial charge is 0.231 e. The van der Waals surface area contributed by atoms with E-state index in [1.807, 2.05) is 24.3 Å². The molecular weight excluding hydrogens is 348 g/mol. The average Bonchev–Trinajstić information content (AvgIpc) is 3.15. The van der Waals surface area contributed by atoms with Crippen molar-refractivity contribution in [2.24, 2.45) is 0 Å². The van der Waals surface area contributed by atoms with Gasteiger partial charge in [-0.15, -0.1) is 0 Å². The van der Waals surface area contributed by atoms with Crippen LogP contribution >= 0.6 is 0 Å². The van der Waals surface area contributed by atoms with Crippen molar-refractivity contribution in [3.63, 3.8) is 0 Å². The molecule has 0 unspecified atom stereocenters. The summed E-state index contributed by atoms with van der Waals surface area (Å²) in [7, 11) is 0. The lowest BCUT2D eigenvalue weighted by Gasteiger charge is -2.26. The zero-order chi connectivity index (χ0) is 18.5. The molecule has 2 aliphatic rings. The summed E-state index contributed by atoms with van der Waals surface area (Å²) in [6.07, 6.45) is 0. The maximum atomic E-state index is 5.85. The van der Waals surface area contributed by atoms with Gasteiger partial charge < -0.3 is 30.6 Å². The van der Waals surface area contributed by atoms with Crippen LogP contribution in [0, 0.1) is 0 Å². The molecule has 0 spiro atoms. The summed E-state index contributed by atoms with van der Waals surface area (Å²) in [4.78, 5) is 10.9. The number of anilines is 3. The van der Waals surface area contributed by atoms with Crippen molar-refractivity contribution in [1.82, 2.24) is 14.9 Å². The van der Waals surface area contributed by atoms with Crippen molar-refractivity contribution >= 4 is 17.6 Å². The van der Waals surface area contributed by atoms with E-state index < -0.39 is 0 Å². The Kier molecular flexibility index (Phi) is 5.40. The number of aromatic nitrogens is 2. The second-order valence-corrected chi connectivity index (χ2v) is 6.42. The van der Waals surface area contributed by atoms with Gasteiger partial charge in [0.1, 0.15) is 11.6 Å². The molecule has 0 amide bonds. The van der Waals surface area contributed by atoms with Crippen molar-refractivity contribution in [2.75, 3.05) is 62.6 Å². The first-order chi connectivity index (χ1) is 13.3. The molecule has 4 N–H and O–H groups in total. The molecular formula is C18H24N6O3. The highest BCUT2D eigenvalue weighted by atomic mass is 16.7. The molecule has 0 aliphatic carbocycles. The molecule has 2 aliphatic heterocycles. The number of morpholine rings is 1. The van der Waals surface area contributed by atoms with Gasteiger partial charge in [0.2, 0.25) is 12.7 Å². The number of benzene rings is 1. The van der Waals surface area contributed by atoms with Crippen LogP contribution in [0.1, 0.15) is 5.56 Å². The molecule has 2 aromatic rings. The molecule has 1 saturated heterocycles. The fourth-order valence-electron chi connectivity index (χ4n) is 3.06. The fraction of sp³-hybridized carbons (Fsp3) is 0.444. The first-order valence-electron chi connectivity index (χ1n) is 9.07. The summed E-state index contributed by atoms with van der Waals surface area (Å²) in [6, 6.07) is 7.73. The van der Waals surface area contributed by atoms with Crippen LogP contribution in [-0.4, -0.2) is 61.1 Å². The van der Waals surface area contributed by atoms with Crippen LogP contribution in [-0.2, 0) is 11.3 Å². The highest BCUT2D eigenvalue weighted by Crippen LogP contribution is 2.32. The standard InChI is InChI=1S/C18H24N6O3/c19-18-22-16(20-3-4-24-5-7-25-8-6-24)10-17(23-18)21-11-13-1-2-14-15(9-13)27-12-26-14/h1-2,9-10H,3-8,11-12H2,(H4,19,20,21,22,23). The van der Waals surface area contributed by atoms with E-state index in [-0.39, 0.29) is 12.7 Å². The SMILES string of the molecule is Nc1nc(NCCN2CCOCC2)cc(NCc2ccc3c(c2)OCO3)n1. The second-order valence-electron chi connectivity index (χ2n) is 6.42. The quantitative estimate of drug-likeness (QED) is 0.659. The van der Waals surface area contributed by atoms with E-state index in [0.717, 1.165) is 56.5 Å². The summed E-state index contributed by atoms with van der Waals surface area (Å²) < 4.78 is 16.1. The highest BCUT2D eigenvalue weighted by Gasteiger charge is 2.13. The monoisotopic (exact) mass is 372 g/mol. The maximum absolute atomic E-state index is 5.85. The summed E-state index contributed by atoms with van der Waals surface area (Å²) in [5.41, 5.74) is 6.92. The van der Waals surface area contributed by atoms with Gasteiger partial charge >= 0.3 is 0 Å². The first kappa shape index (κ1) is 17.6. The first-order valence-corrected chi connectivity index (χ1v) is 9.07. The number of fused-ring (bicyclic) bond motifs is 1. The fourth-order valence-corrected chi connectivity index (χ4v) is 3.06. The highest BCUT2D eigenvalue weighted by molar-refractivity contribution is 5.52. The maximum Gasteiger partial charge on any atom is 0.231 e. The molecule has 0 bridgehead atoms. The van der Waals surface area contributed by atoms with Crippen LogP contribution in [0.5, 0.6) is 11.5 Å². The lowest BCUT2D eigenvalue weighted by atomic mass is 10.2. The molecule has 9 heteroatoms. The zero-order valence-electron chi connectivity index (χ0n) is 15.1. The van der Waals surface area contributed by atoms with E-state index in [1.54, 1.807) is 0 Å². The molecule has 0 radical (unpaired) electrons. The zero-order valence-corrected chi connectivity index (χ0v) is 15.1. The Hall–Kier alpha value is -2.78. The van der Waals surface area contributed by atoms with Gasteiger partial charge in [0.25, 0.3) is 0 Å². The van der Waals surface area contributed by atoms with Crippen LogP contribution < -0.4 is 25.8 Å². The summed E-state index contributed by atoms with van der Waals surface area (Å²) in [6.45, 7) is 6.13.